The van der Waals surface area contributed by atoms with E-state index in [0.29, 0.717) is 0 Å². The van der Waals surface area contributed by atoms with Crippen LogP contribution in [-0.4, -0.2) is 18.2 Å². The van der Waals surface area contributed by atoms with Crippen LogP contribution in [0.25, 0.3) is 6.08 Å². The Hall–Kier alpha value is -1.77. The Bertz CT molecular complexity index is 380. The molecule has 0 aliphatic heterocycles. The van der Waals surface area contributed by atoms with E-state index in [1.54, 1.807) is 18.2 Å². The first-order valence-electron chi connectivity index (χ1n) is 4.66. The van der Waals surface area contributed by atoms with Gasteiger partial charge in [-0.05, 0) is 30.2 Å². The second-order valence-corrected chi connectivity index (χ2v) is 3.23. The third-order valence-electron chi connectivity index (χ3n) is 2.04. The van der Waals surface area contributed by atoms with Gasteiger partial charge in [0.15, 0.2) is 0 Å². The Morgan fingerprint density at radius 3 is 2.87 bits per heavy atom. The van der Waals surface area contributed by atoms with E-state index in [0.717, 1.165) is 11.1 Å². The van der Waals surface area contributed by atoms with E-state index in [2.05, 4.69) is 4.74 Å². The van der Waals surface area contributed by atoms with Crippen LogP contribution in [0.3, 0.4) is 0 Å². The zero-order valence-electron chi connectivity index (χ0n) is 8.86. The van der Waals surface area contributed by atoms with Crippen molar-refractivity contribution in [1.82, 2.24) is 0 Å². The molecule has 0 saturated carbocycles. The minimum Gasteiger partial charge on any atom is -0.508 e. The zero-order valence-corrected chi connectivity index (χ0v) is 8.86. The smallest absolute Gasteiger partial charge is 0.309 e. The Balaban J connectivity index is 2.65. The molecule has 0 spiro atoms. The van der Waals surface area contributed by atoms with Gasteiger partial charge in [0, 0.05) is 0 Å². The lowest BCUT2D eigenvalue weighted by atomic mass is 10.1. The van der Waals surface area contributed by atoms with E-state index >= 15 is 0 Å². The molecule has 0 heterocycles. The van der Waals surface area contributed by atoms with Crippen molar-refractivity contribution in [3.05, 3.63) is 35.4 Å². The van der Waals surface area contributed by atoms with Crippen LogP contribution in [0, 0.1) is 6.92 Å². The molecule has 0 radical (unpaired) electrons. The van der Waals surface area contributed by atoms with Crippen molar-refractivity contribution in [3.63, 3.8) is 0 Å². The summed E-state index contributed by atoms with van der Waals surface area (Å²) >= 11 is 0. The van der Waals surface area contributed by atoms with E-state index in [1.807, 2.05) is 19.1 Å². The maximum atomic E-state index is 10.8. The number of benzene rings is 1. The maximum Gasteiger partial charge on any atom is 0.309 e. The first-order chi connectivity index (χ1) is 7.13. The van der Waals surface area contributed by atoms with Gasteiger partial charge in [-0.25, -0.2) is 0 Å². The molecule has 0 amide bonds. The van der Waals surface area contributed by atoms with Crippen LogP contribution in [-0.2, 0) is 9.53 Å². The number of phenols is 1. The molecule has 15 heavy (non-hydrogen) atoms. The van der Waals surface area contributed by atoms with Crippen LogP contribution < -0.4 is 0 Å². The van der Waals surface area contributed by atoms with Crippen molar-refractivity contribution >= 4 is 12.0 Å². The Morgan fingerprint density at radius 2 is 2.27 bits per heavy atom. The summed E-state index contributed by atoms with van der Waals surface area (Å²) in [6, 6.07) is 5.27. The quantitative estimate of drug-likeness (QED) is 0.772. The predicted molar refractivity (Wildman–Crippen MR) is 58.5 cm³/mol. The van der Waals surface area contributed by atoms with Crippen LogP contribution in [0.5, 0.6) is 5.75 Å². The molecule has 0 aliphatic rings. The Kier molecular flexibility index (Phi) is 3.92. The monoisotopic (exact) mass is 206 g/mol. The van der Waals surface area contributed by atoms with Crippen LogP contribution >= 0.6 is 0 Å². The number of esters is 1. The van der Waals surface area contributed by atoms with Gasteiger partial charge in [0.25, 0.3) is 0 Å². The highest BCUT2D eigenvalue weighted by molar-refractivity contribution is 5.72. The highest BCUT2D eigenvalue weighted by Gasteiger charge is 1.96. The average molecular weight is 206 g/mol. The van der Waals surface area contributed by atoms with Crippen molar-refractivity contribution in [2.45, 2.75) is 13.3 Å². The summed E-state index contributed by atoms with van der Waals surface area (Å²) in [7, 11) is 1.36. The summed E-state index contributed by atoms with van der Waals surface area (Å²) in [5.41, 5.74) is 1.77. The number of rotatable bonds is 3. The lowest BCUT2D eigenvalue weighted by molar-refractivity contribution is -0.139. The molecule has 80 valence electrons. The largest absolute Gasteiger partial charge is 0.508 e. The van der Waals surface area contributed by atoms with Crippen LogP contribution in [0.1, 0.15) is 17.5 Å². The SMILES string of the molecule is COC(=O)CC=Cc1ccc(O)c(C)c1. The summed E-state index contributed by atoms with van der Waals surface area (Å²) in [4.78, 5) is 10.8. The van der Waals surface area contributed by atoms with Gasteiger partial charge in [-0.1, -0.05) is 18.2 Å². The number of aromatic hydroxyl groups is 1. The summed E-state index contributed by atoms with van der Waals surface area (Å²) in [5.74, 6) is 0.0156. The minimum atomic E-state index is -0.262. The molecule has 0 saturated heterocycles. The molecule has 1 rings (SSSR count). The van der Waals surface area contributed by atoms with E-state index < -0.39 is 0 Å². The van der Waals surface area contributed by atoms with Crippen molar-refractivity contribution in [2.75, 3.05) is 7.11 Å². The molecule has 1 aromatic carbocycles. The third kappa shape index (κ3) is 3.46. The number of carbonyl (C=O) groups excluding carboxylic acids is 1. The number of ether oxygens (including phenoxy) is 1. The van der Waals surface area contributed by atoms with Gasteiger partial charge in [-0.3, -0.25) is 4.79 Å². The first kappa shape index (κ1) is 11.3. The molecule has 1 N–H and O–H groups in total. The van der Waals surface area contributed by atoms with E-state index in [4.69, 9.17) is 0 Å². The zero-order chi connectivity index (χ0) is 11.3. The van der Waals surface area contributed by atoms with Gasteiger partial charge in [0.1, 0.15) is 5.75 Å². The van der Waals surface area contributed by atoms with E-state index in [9.17, 15) is 9.90 Å². The normalized spacial score (nSPS) is 10.5. The van der Waals surface area contributed by atoms with Crippen LogP contribution in [0.15, 0.2) is 24.3 Å². The predicted octanol–water partition coefficient (Wildman–Crippen LogP) is 2.28. The van der Waals surface area contributed by atoms with Gasteiger partial charge in [-0.15, -0.1) is 0 Å². The number of carbonyl (C=O) groups is 1. The van der Waals surface area contributed by atoms with Crippen molar-refractivity contribution in [2.24, 2.45) is 0 Å². The molecule has 3 heteroatoms. The molecule has 0 unspecified atom stereocenters. The highest BCUT2D eigenvalue weighted by Crippen LogP contribution is 2.17. The average Bonchev–Trinajstić information content (AvgIpc) is 2.23. The summed E-state index contributed by atoms with van der Waals surface area (Å²) in [6.07, 6.45) is 3.82. The molecule has 0 fully saturated rings. The lowest BCUT2D eigenvalue weighted by Gasteiger charge is -1.99. The van der Waals surface area contributed by atoms with E-state index in [-0.39, 0.29) is 18.1 Å². The summed E-state index contributed by atoms with van der Waals surface area (Å²) in [6.45, 7) is 1.83. The second-order valence-electron chi connectivity index (χ2n) is 3.23. The van der Waals surface area contributed by atoms with E-state index in [1.165, 1.54) is 7.11 Å². The molecule has 0 atom stereocenters. The van der Waals surface area contributed by atoms with Crippen LogP contribution in [0.2, 0.25) is 0 Å². The van der Waals surface area contributed by atoms with Gasteiger partial charge in [0.2, 0.25) is 0 Å². The van der Waals surface area contributed by atoms with Crippen molar-refractivity contribution in [1.29, 1.82) is 0 Å². The summed E-state index contributed by atoms with van der Waals surface area (Å²) in [5, 5.41) is 9.30. The third-order valence-corrected chi connectivity index (χ3v) is 2.04. The Morgan fingerprint density at radius 1 is 1.53 bits per heavy atom. The Labute approximate surface area is 89.0 Å². The van der Waals surface area contributed by atoms with Gasteiger partial charge in [0.05, 0.1) is 13.5 Å². The topological polar surface area (TPSA) is 46.5 Å². The van der Waals surface area contributed by atoms with Gasteiger partial charge in [-0.2, -0.15) is 0 Å². The molecular weight excluding hydrogens is 192 g/mol. The van der Waals surface area contributed by atoms with Crippen molar-refractivity contribution < 1.29 is 14.6 Å². The fourth-order valence-electron chi connectivity index (χ4n) is 1.16. The molecule has 3 nitrogen and oxygen atoms in total. The number of phenolic OH excluding ortho intramolecular Hbond substituents is 1. The molecular formula is C12H14O3. The molecule has 0 aliphatic carbocycles. The van der Waals surface area contributed by atoms with Crippen LogP contribution in [0.4, 0.5) is 0 Å². The number of methoxy groups -OCH3 is 1. The molecule has 0 aromatic heterocycles. The first-order valence-corrected chi connectivity index (χ1v) is 4.66. The molecule has 1 aromatic rings. The number of hydrogen-bond donors (Lipinski definition) is 1. The molecule has 0 bridgehead atoms. The van der Waals surface area contributed by atoms with Crippen molar-refractivity contribution in [3.8, 4) is 5.75 Å². The lowest BCUT2D eigenvalue weighted by Crippen LogP contribution is -1.96. The van der Waals surface area contributed by atoms with Gasteiger partial charge < -0.3 is 9.84 Å². The number of aryl methyl sites for hydroxylation is 1. The summed E-state index contributed by atoms with van der Waals surface area (Å²) < 4.78 is 4.50. The minimum absolute atomic E-state index is 0.260. The standard InChI is InChI=1S/C12H14O3/c1-9-8-10(6-7-11(9)13)4-3-5-12(14)15-2/h3-4,6-8,13H,5H2,1-2H3. The fourth-order valence-corrected chi connectivity index (χ4v) is 1.16. The highest BCUT2D eigenvalue weighted by atomic mass is 16.5. The fraction of sp³-hybridized carbons (Fsp3) is 0.250. The number of hydrogen-bond acceptors (Lipinski definition) is 3. The maximum absolute atomic E-state index is 10.8. The van der Waals surface area contributed by atoms with Gasteiger partial charge >= 0.3 is 5.97 Å². The second kappa shape index (κ2) is 5.20.